The molecule has 0 bridgehead atoms. The summed E-state index contributed by atoms with van der Waals surface area (Å²) in [5.41, 5.74) is 0.878. The van der Waals surface area contributed by atoms with Crippen molar-refractivity contribution < 1.29 is 23.8 Å². The van der Waals surface area contributed by atoms with Crippen LogP contribution in [-0.2, 0) is 9.53 Å². The second-order valence-corrected chi connectivity index (χ2v) is 5.43. The predicted octanol–water partition coefficient (Wildman–Crippen LogP) is 2.81. The van der Waals surface area contributed by atoms with Crippen LogP contribution in [0.4, 0.5) is 5.69 Å². The lowest BCUT2D eigenvalue weighted by atomic mass is 10.2. The number of nitriles is 1. The number of carbonyl (C=O) groups is 2. The van der Waals surface area contributed by atoms with Crippen LogP contribution in [0.3, 0.4) is 0 Å². The molecule has 0 heterocycles. The zero-order chi connectivity index (χ0) is 19.6. The summed E-state index contributed by atoms with van der Waals surface area (Å²) < 4.78 is 15.4. The predicted molar refractivity (Wildman–Crippen MR) is 98.9 cm³/mol. The molecule has 0 fully saturated rings. The van der Waals surface area contributed by atoms with Gasteiger partial charge in [0, 0.05) is 12.2 Å². The van der Waals surface area contributed by atoms with Gasteiger partial charge in [0.2, 0.25) is 0 Å². The fourth-order valence-corrected chi connectivity index (χ4v) is 2.42. The quantitative estimate of drug-likeness (QED) is 0.666. The highest BCUT2D eigenvalue weighted by Gasteiger charge is 2.19. The smallest absolute Gasteiger partial charge is 0.338 e. The number of para-hydroxylation sites is 1. The van der Waals surface area contributed by atoms with E-state index < -0.39 is 18.5 Å². The molecule has 2 rings (SSSR count). The molecule has 0 saturated heterocycles. The Kier molecular flexibility index (Phi) is 7.20. The SMILES string of the molecule is COc1ccc(C(=O)OCC(=O)N(CCC#N)c2ccccc2)cc1OC. The summed E-state index contributed by atoms with van der Waals surface area (Å²) in [4.78, 5) is 26.2. The maximum absolute atomic E-state index is 12.5. The molecule has 0 spiro atoms. The summed E-state index contributed by atoms with van der Waals surface area (Å²) in [6.07, 6.45) is 0.171. The molecule has 0 N–H and O–H groups in total. The zero-order valence-corrected chi connectivity index (χ0v) is 15.2. The van der Waals surface area contributed by atoms with Gasteiger partial charge >= 0.3 is 5.97 Å². The van der Waals surface area contributed by atoms with Crippen molar-refractivity contribution in [1.29, 1.82) is 5.26 Å². The highest BCUT2D eigenvalue weighted by atomic mass is 16.5. The minimum Gasteiger partial charge on any atom is -0.493 e. The molecule has 0 aliphatic rings. The number of benzene rings is 2. The van der Waals surface area contributed by atoms with Gasteiger partial charge in [-0.15, -0.1) is 0 Å². The second-order valence-electron chi connectivity index (χ2n) is 5.43. The van der Waals surface area contributed by atoms with Gasteiger partial charge in [-0.05, 0) is 30.3 Å². The van der Waals surface area contributed by atoms with E-state index in [2.05, 4.69) is 0 Å². The summed E-state index contributed by atoms with van der Waals surface area (Å²) in [5.74, 6) is -0.196. The van der Waals surface area contributed by atoms with Crippen molar-refractivity contribution in [2.24, 2.45) is 0 Å². The summed E-state index contributed by atoms with van der Waals surface area (Å²) in [7, 11) is 2.96. The molecular formula is C20H20N2O5. The third-order valence-corrected chi connectivity index (χ3v) is 3.76. The summed E-state index contributed by atoms with van der Waals surface area (Å²) >= 11 is 0. The summed E-state index contributed by atoms with van der Waals surface area (Å²) in [6.45, 7) is -0.221. The number of carbonyl (C=O) groups excluding carboxylic acids is 2. The Morgan fingerprint density at radius 2 is 1.74 bits per heavy atom. The maximum Gasteiger partial charge on any atom is 0.338 e. The van der Waals surface area contributed by atoms with Gasteiger partial charge in [-0.2, -0.15) is 5.26 Å². The van der Waals surface area contributed by atoms with E-state index >= 15 is 0 Å². The van der Waals surface area contributed by atoms with Gasteiger partial charge in [-0.1, -0.05) is 18.2 Å². The number of ether oxygens (including phenoxy) is 3. The molecule has 0 atom stereocenters. The number of hydrogen-bond acceptors (Lipinski definition) is 6. The molecule has 0 unspecified atom stereocenters. The van der Waals surface area contributed by atoms with Gasteiger partial charge in [0.15, 0.2) is 18.1 Å². The van der Waals surface area contributed by atoms with Crippen molar-refractivity contribution in [3.8, 4) is 17.6 Å². The first kappa shape index (κ1) is 19.8. The van der Waals surface area contributed by atoms with E-state index in [0.29, 0.717) is 17.2 Å². The minimum atomic E-state index is -0.655. The molecule has 0 radical (unpaired) electrons. The van der Waals surface area contributed by atoms with Crippen LogP contribution in [0.5, 0.6) is 11.5 Å². The molecule has 0 aromatic heterocycles. The van der Waals surface area contributed by atoms with E-state index in [4.69, 9.17) is 19.5 Å². The van der Waals surface area contributed by atoms with E-state index in [1.807, 2.05) is 12.1 Å². The number of methoxy groups -OCH3 is 2. The van der Waals surface area contributed by atoms with Crippen molar-refractivity contribution in [2.45, 2.75) is 6.42 Å². The van der Waals surface area contributed by atoms with Crippen molar-refractivity contribution >= 4 is 17.6 Å². The molecule has 1 amide bonds. The standard InChI is InChI=1S/C20H20N2O5/c1-25-17-10-9-15(13-18(17)26-2)20(24)27-14-19(23)22(12-6-11-21)16-7-4-3-5-8-16/h3-5,7-10,13H,6,12,14H2,1-2H3. The zero-order valence-electron chi connectivity index (χ0n) is 15.2. The first-order chi connectivity index (χ1) is 13.1. The Labute approximate surface area is 157 Å². The van der Waals surface area contributed by atoms with Crippen LogP contribution >= 0.6 is 0 Å². The Morgan fingerprint density at radius 3 is 2.37 bits per heavy atom. The van der Waals surface area contributed by atoms with Gasteiger partial charge in [0.05, 0.1) is 32.3 Å². The topological polar surface area (TPSA) is 88.9 Å². The number of anilines is 1. The summed E-state index contributed by atoms with van der Waals surface area (Å²) in [5, 5.41) is 8.81. The lowest BCUT2D eigenvalue weighted by Gasteiger charge is -2.21. The maximum atomic E-state index is 12.5. The normalized spacial score (nSPS) is 9.81. The Balaban J connectivity index is 2.06. The van der Waals surface area contributed by atoms with Gasteiger partial charge < -0.3 is 19.1 Å². The van der Waals surface area contributed by atoms with Crippen LogP contribution in [-0.4, -0.2) is 39.2 Å². The lowest BCUT2D eigenvalue weighted by Crippen LogP contribution is -2.35. The van der Waals surface area contributed by atoms with Crippen molar-refractivity contribution in [2.75, 3.05) is 32.3 Å². The molecule has 0 saturated carbocycles. The first-order valence-corrected chi connectivity index (χ1v) is 8.22. The van der Waals surface area contributed by atoms with Crippen LogP contribution in [0.2, 0.25) is 0 Å². The number of amides is 1. The fraction of sp³-hybridized carbons (Fsp3) is 0.250. The number of esters is 1. The third kappa shape index (κ3) is 5.22. The number of rotatable bonds is 8. The van der Waals surface area contributed by atoms with Gasteiger partial charge in [-0.3, -0.25) is 4.79 Å². The Bertz CT molecular complexity index is 830. The second kappa shape index (κ2) is 9.82. The van der Waals surface area contributed by atoms with Gasteiger partial charge in [0.25, 0.3) is 5.91 Å². The van der Waals surface area contributed by atoms with E-state index in [9.17, 15) is 9.59 Å². The third-order valence-electron chi connectivity index (χ3n) is 3.76. The van der Waals surface area contributed by atoms with Crippen molar-refractivity contribution in [3.63, 3.8) is 0 Å². The van der Waals surface area contributed by atoms with Crippen LogP contribution in [0.1, 0.15) is 16.8 Å². The van der Waals surface area contributed by atoms with Crippen LogP contribution in [0.25, 0.3) is 0 Å². The average molecular weight is 368 g/mol. The molecular weight excluding hydrogens is 348 g/mol. The van der Waals surface area contributed by atoms with Gasteiger partial charge in [0.1, 0.15) is 0 Å². The van der Waals surface area contributed by atoms with E-state index in [0.717, 1.165) is 0 Å². The van der Waals surface area contributed by atoms with Crippen LogP contribution in [0.15, 0.2) is 48.5 Å². The molecule has 140 valence electrons. The molecule has 7 nitrogen and oxygen atoms in total. The lowest BCUT2D eigenvalue weighted by molar-refractivity contribution is -0.121. The molecule has 0 aliphatic carbocycles. The van der Waals surface area contributed by atoms with E-state index in [1.165, 1.54) is 31.3 Å². The van der Waals surface area contributed by atoms with Gasteiger partial charge in [-0.25, -0.2) is 4.79 Å². The molecule has 7 heteroatoms. The highest BCUT2D eigenvalue weighted by molar-refractivity contribution is 5.97. The minimum absolute atomic E-state index is 0.171. The molecule has 27 heavy (non-hydrogen) atoms. The molecule has 2 aromatic carbocycles. The fourth-order valence-electron chi connectivity index (χ4n) is 2.42. The average Bonchev–Trinajstić information content (AvgIpc) is 2.72. The highest BCUT2D eigenvalue weighted by Crippen LogP contribution is 2.27. The number of nitrogens with zero attached hydrogens (tertiary/aromatic N) is 2. The van der Waals surface area contributed by atoms with Crippen LogP contribution in [0, 0.1) is 11.3 Å². The monoisotopic (exact) mass is 368 g/mol. The Morgan fingerprint density at radius 1 is 1.04 bits per heavy atom. The van der Waals surface area contributed by atoms with Crippen LogP contribution < -0.4 is 14.4 Å². The van der Waals surface area contributed by atoms with Crippen molar-refractivity contribution in [1.82, 2.24) is 0 Å². The first-order valence-electron chi connectivity index (χ1n) is 8.22. The molecule has 0 aliphatic heterocycles. The Hall–Kier alpha value is -3.53. The summed E-state index contributed by atoms with van der Waals surface area (Å²) in [6, 6.07) is 15.5. The van der Waals surface area contributed by atoms with E-state index in [-0.39, 0.29) is 18.5 Å². The van der Waals surface area contributed by atoms with E-state index in [1.54, 1.807) is 30.3 Å². The number of hydrogen-bond donors (Lipinski definition) is 0. The largest absolute Gasteiger partial charge is 0.493 e. The molecule has 2 aromatic rings. The van der Waals surface area contributed by atoms with Crippen molar-refractivity contribution in [3.05, 3.63) is 54.1 Å².